The van der Waals surface area contributed by atoms with Gasteiger partial charge in [-0.05, 0) is 30.7 Å². The molecule has 7 heteroatoms. The maximum atomic E-state index is 12.7. The summed E-state index contributed by atoms with van der Waals surface area (Å²) in [5.41, 5.74) is 7.31. The third kappa shape index (κ3) is 3.63. The average Bonchev–Trinajstić information content (AvgIpc) is 2.72. The Balaban J connectivity index is 1.79. The number of fused-ring (bicyclic) bond motifs is 1. The van der Waals surface area contributed by atoms with Gasteiger partial charge in [0.1, 0.15) is 35.5 Å². The van der Waals surface area contributed by atoms with Crippen molar-refractivity contribution in [2.45, 2.75) is 19.4 Å². The molecule has 1 aliphatic rings. The normalized spacial score (nSPS) is 15.2. The molecule has 2 heterocycles. The summed E-state index contributed by atoms with van der Waals surface area (Å²) in [6.45, 7) is 1.93. The minimum atomic E-state index is -0.767. The molecule has 0 amide bonds. The molecule has 30 heavy (non-hydrogen) atoms. The molecule has 0 aliphatic carbocycles. The van der Waals surface area contributed by atoms with Crippen molar-refractivity contribution in [1.82, 2.24) is 0 Å². The maximum Gasteiger partial charge on any atom is 0.343 e. The number of hydrogen-bond donors (Lipinski definition) is 1. The topological polar surface area (TPSA) is 98.5 Å². The number of benzene rings is 2. The van der Waals surface area contributed by atoms with Crippen molar-refractivity contribution < 1.29 is 13.9 Å². The summed E-state index contributed by atoms with van der Waals surface area (Å²) in [4.78, 5) is 12.7. The van der Waals surface area contributed by atoms with Gasteiger partial charge in [-0.15, -0.1) is 0 Å². The zero-order valence-corrected chi connectivity index (χ0v) is 16.8. The molecule has 0 saturated heterocycles. The van der Waals surface area contributed by atoms with Gasteiger partial charge in [0.25, 0.3) is 0 Å². The van der Waals surface area contributed by atoms with Crippen LogP contribution in [0.1, 0.15) is 28.4 Å². The second-order valence-electron chi connectivity index (χ2n) is 6.80. The van der Waals surface area contributed by atoms with Gasteiger partial charge in [0, 0.05) is 16.7 Å². The Labute approximate surface area is 177 Å². The van der Waals surface area contributed by atoms with Crippen LogP contribution in [0.15, 0.2) is 75.3 Å². The lowest BCUT2D eigenvalue weighted by atomic mass is 9.84. The lowest BCUT2D eigenvalue weighted by Crippen LogP contribution is -2.26. The van der Waals surface area contributed by atoms with Gasteiger partial charge >= 0.3 is 5.63 Å². The molecule has 1 unspecified atom stereocenters. The van der Waals surface area contributed by atoms with E-state index in [4.69, 9.17) is 31.2 Å². The molecule has 0 bridgehead atoms. The molecule has 0 radical (unpaired) electrons. The Morgan fingerprint density at radius 1 is 1.20 bits per heavy atom. The fourth-order valence-electron chi connectivity index (χ4n) is 3.42. The molecule has 6 nitrogen and oxygen atoms in total. The highest BCUT2D eigenvalue weighted by molar-refractivity contribution is 6.30. The minimum Gasteiger partial charge on any atom is -0.489 e. The second kappa shape index (κ2) is 7.97. The molecule has 1 aliphatic heterocycles. The summed E-state index contributed by atoms with van der Waals surface area (Å²) < 4.78 is 16.9. The molecule has 0 spiro atoms. The minimum absolute atomic E-state index is 0.0486. The van der Waals surface area contributed by atoms with Crippen molar-refractivity contribution in [3.05, 3.63) is 104 Å². The van der Waals surface area contributed by atoms with Crippen LogP contribution in [0.25, 0.3) is 0 Å². The van der Waals surface area contributed by atoms with Gasteiger partial charge in [-0.25, -0.2) is 4.79 Å². The van der Waals surface area contributed by atoms with E-state index in [0.29, 0.717) is 22.1 Å². The molecule has 2 aromatic carbocycles. The van der Waals surface area contributed by atoms with E-state index in [1.807, 2.05) is 18.2 Å². The van der Waals surface area contributed by atoms with Crippen molar-refractivity contribution in [2.75, 3.05) is 0 Å². The van der Waals surface area contributed by atoms with Gasteiger partial charge in [0.15, 0.2) is 0 Å². The average molecular weight is 421 g/mol. The quantitative estimate of drug-likeness (QED) is 0.671. The van der Waals surface area contributed by atoms with E-state index in [0.717, 1.165) is 5.56 Å². The van der Waals surface area contributed by atoms with E-state index in [1.54, 1.807) is 43.3 Å². The first kappa shape index (κ1) is 19.6. The SMILES string of the molecule is Cc1cc2c(c(=O)o1)C(c1ccccc1OCc1ccc(Cl)cc1)C(C#N)=C(N)O2. The van der Waals surface area contributed by atoms with E-state index >= 15 is 0 Å². The van der Waals surface area contributed by atoms with Crippen LogP contribution in [-0.2, 0) is 6.61 Å². The summed E-state index contributed by atoms with van der Waals surface area (Å²) in [6.07, 6.45) is 0. The van der Waals surface area contributed by atoms with Crippen LogP contribution in [0.2, 0.25) is 5.02 Å². The van der Waals surface area contributed by atoms with Crippen molar-refractivity contribution in [2.24, 2.45) is 5.73 Å². The Hall–Kier alpha value is -3.69. The monoisotopic (exact) mass is 420 g/mol. The first-order valence-electron chi connectivity index (χ1n) is 9.16. The van der Waals surface area contributed by atoms with E-state index in [2.05, 4.69) is 6.07 Å². The molecule has 3 aromatic rings. The highest BCUT2D eigenvalue weighted by atomic mass is 35.5. The second-order valence-corrected chi connectivity index (χ2v) is 7.24. The molecule has 4 rings (SSSR count). The first-order chi connectivity index (χ1) is 14.5. The Kier molecular flexibility index (Phi) is 5.21. The predicted octanol–water partition coefficient (Wildman–Crippen LogP) is 4.40. The largest absolute Gasteiger partial charge is 0.489 e. The van der Waals surface area contributed by atoms with Gasteiger partial charge in [-0.1, -0.05) is 41.9 Å². The zero-order valence-electron chi connectivity index (χ0n) is 16.0. The Morgan fingerprint density at radius 2 is 1.93 bits per heavy atom. The number of hydrogen-bond acceptors (Lipinski definition) is 6. The number of allylic oxidation sites excluding steroid dienone is 1. The predicted molar refractivity (Wildman–Crippen MR) is 111 cm³/mol. The van der Waals surface area contributed by atoms with Gasteiger partial charge in [-0.3, -0.25) is 0 Å². The number of halogens is 1. The third-order valence-electron chi connectivity index (χ3n) is 4.79. The van der Waals surface area contributed by atoms with E-state index in [9.17, 15) is 10.1 Å². The summed E-state index contributed by atoms with van der Waals surface area (Å²) in [5.74, 6) is 0.367. The van der Waals surface area contributed by atoms with Gasteiger partial charge in [0.2, 0.25) is 5.88 Å². The standard InChI is InChI=1S/C23H17ClN2O4/c1-13-10-19-21(23(27)29-13)20(17(11-25)22(26)30-19)16-4-2-3-5-18(16)28-12-14-6-8-15(24)9-7-14/h2-10,20H,12,26H2,1H3. The molecular weight excluding hydrogens is 404 g/mol. The number of aryl methyl sites for hydroxylation is 1. The summed E-state index contributed by atoms with van der Waals surface area (Å²) >= 11 is 5.94. The van der Waals surface area contributed by atoms with Crippen LogP contribution in [0, 0.1) is 18.3 Å². The molecule has 0 saturated carbocycles. The number of para-hydroxylation sites is 1. The third-order valence-corrected chi connectivity index (χ3v) is 5.05. The number of nitrogens with zero attached hydrogens (tertiary/aromatic N) is 1. The van der Waals surface area contributed by atoms with Crippen molar-refractivity contribution >= 4 is 11.6 Å². The van der Waals surface area contributed by atoms with Gasteiger partial charge in [-0.2, -0.15) is 5.26 Å². The van der Waals surface area contributed by atoms with Crippen LogP contribution in [0.3, 0.4) is 0 Å². The number of nitrogens with two attached hydrogens (primary N) is 1. The highest BCUT2D eigenvalue weighted by Gasteiger charge is 2.35. The molecule has 0 fully saturated rings. The first-order valence-corrected chi connectivity index (χ1v) is 9.54. The molecule has 2 N–H and O–H groups in total. The lowest BCUT2D eigenvalue weighted by molar-refractivity contribution is 0.301. The van der Waals surface area contributed by atoms with Crippen molar-refractivity contribution in [1.29, 1.82) is 5.26 Å². The summed E-state index contributed by atoms with van der Waals surface area (Å²) in [7, 11) is 0. The summed E-state index contributed by atoms with van der Waals surface area (Å²) in [5, 5.41) is 10.4. The number of ether oxygens (including phenoxy) is 2. The fourth-order valence-corrected chi connectivity index (χ4v) is 3.55. The van der Waals surface area contributed by atoms with Crippen LogP contribution < -0.4 is 20.8 Å². The molecule has 150 valence electrons. The van der Waals surface area contributed by atoms with E-state index in [1.165, 1.54) is 0 Å². The zero-order chi connectivity index (χ0) is 21.3. The Morgan fingerprint density at radius 3 is 2.67 bits per heavy atom. The van der Waals surface area contributed by atoms with Gasteiger partial charge in [0.05, 0.1) is 11.5 Å². The Bertz CT molecular complexity index is 1240. The van der Waals surface area contributed by atoms with Gasteiger partial charge < -0.3 is 19.6 Å². The van der Waals surface area contributed by atoms with Crippen LogP contribution in [0.5, 0.6) is 11.5 Å². The highest BCUT2D eigenvalue weighted by Crippen LogP contribution is 2.43. The van der Waals surface area contributed by atoms with Crippen LogP contribution in [-0.4, -0.2) is 0 Å². The molecule has 1 atom stereocenters. The van der Waals surface area contributed by atoms with E-state index in [-0.39, 0.29) is 29.4 Å². The van der Waals surface area contributed by atoms with E-state index < -0.39 is 11.5 Å². The van der Waals surface area contributed by atoms with Crippen LogP contribution >= 0.6 is 11.6 Å². The van der Waals surface area contributed by atoms with Crippen molar-refractivity contribution in [3.63, 3.8) is 0 Å². The number of nitriles is 1. The fraction of sp³-hybridized carbons (Fsp3) is 0.130. The maximum absolute atomic E-state index is 12.7. The summed E-state index contributed by atoms with van der Waals surface area (Å²) in [6, 6.07) is 18.1. The van der Waals surface area contributed by atoms with Crippen molar-refractivity contribution in [3.8, 4) is 17.6 Å². The lowest BCUT2D eigenvalue weighted by Gasteiger charge is -2.26. The molecular formula is C23H17ClN2O4. The number of rotatable bonds is 4. The van der Waals surface area contributed by atoms with Crippen LogP contribution in [0.4, 0.5) is 0 Å². The smallest absolute Gasteiger partial charge is 0.343 e. The molecule has 1 aromatic heterocycles.